The highest BCUT2D eigenvalue weighted by atomic mass is 35.5. The molecule has 0 N–H and O–H groups in total. The molecule has 0 spiro atoms. The SMILES string of the molecule is COc1ccc(C)c(S(=O)(=O)N2CCC[C@@H]2C(=O)N2CCN(c3cccc(Cl)c3)CC2)c1. The summed E-state index contributed by atoms with van der Waals surface area (Å²) in [5.74, 6) is 0.366. The van der Waals surface area contributed by atoms with Crippen LogP contribution in [0.15, 0.2) is 47.4 Å². The second-order valence-electron chi connectivity index (χ2n) is 8.20. The molecular formula is C23H28ClN3O4S. The van der Waals surface area contributed by atoms with Crippen LogP contribution in [0.25, 0.3) is 0 Å². The quantitative estimate of drug-likeness (QED) is 0.661. The predicted octanol–water partition coefficient (Wildman–Crippen LogP) is 3.16. The van der Waals surface area contributed by atoms with E-state index in [1.165, 1.54) is 17.5 Å². The molecule has 2 aliphatic heterocycles. The third-order valence-corrected chi connectivity index (χ3v) is 8.52. The van der Waals surface area contributed by atoms with E-state index in [1.54, 1.807) is 24.0 Å². The van der Waals surface area contributed by atoms with Crippen molar-refractivity contribution in [3.63, 3.8) is 0 Å². The number of aryl methyl sites for hydroxylation is 1. The Labute approximate surface area is 194 Å². The van der Waals surface area contributed by atoms with Crippen molar-refractivity contribution in [3.05, 3.63) is 53.1 Å². The molecule has 2 aromatic rings. The first-order valence-electron chi connectivity index (χ1n) is 10.8. The molecule has 2 heterocycles. The maximum absolute atomic E-state index is 13.5. The lowest BCUT2D eigenvalue weighted by Gasteiger charge is -2.38. The van der Waals surface area contributed by atoms with Gasteiger partial charge in [-0.1, -0.05) is 23.7 Å². The van der Waals surface area contributed by atoms with Crippen molar-refractivity contribution in [2.45, 2.75) is 30.7 Å². The Kier molecular flexibility index (Phi) is 6.65. The van der Waals surface area contributed by atoms with Gasteiger partial charge in [-0.25, -0.2) is 8.42 Å². The van der Waals surface area contributed by atoms with Gasteiger partial charge in [0.05, 0.1) is 12.0 Å². The highest BCUT2D eigenvalue weighted by Crippen LogP contribution is 2.31. The molecule has 1 amide bonds. The van der Waals surface area contributed by atoms with E-state index in [0.29, 0.717) is 61.9 Å². The molecule has 9 heteroatoms. The smallest absolute Gasteiger partial charge is 0.244 e. The fourth-order valence-corrected chi connectivity index (χ4v) is 6.53. The molecule has 172 valence electrons. The van der Waals surface area contributed by atoms with Crippen LogP contribution in [0.4, 0.5) is 5.69 Å². The minimum Gasteiger partial charge on any atom is -0.497 e. The number of carbonyl (C=O) groups is 1. The minimum absolute atomic E-state index is 0.114. The zero-order valence-electron chi connectivity index (χ0n) is 18.3. The maximum Gasteiger partial charge on any atom is 0.244 e. The van der Waals surface area contributed by atoms with Crippen molar-refractivity contribution >= 4 is 33.2 Å². The van der Waals surface area contributed by atoms with E-state index < -0.39 is 16.1 Å². The number of benzene rings is 2. The first-order chi connectivity index (χ1) is 15.3. The van der Waals surface area contributed by atoms with E-state index in [-0.39, 0.29) is 10.8 Å². The monoisotopic (exact) mass is 477 g/mol. The summed E-state index contributed by atoms with van der Waals surface area (Å²) in [6, 6.07) is 12.0. The Bertz CT molecular complexity index is 1100. The summed E-state index contributed by atoms with van der Waals surface area (Å²) in [5.41, 5.74) is 1.67. The molecule has 2 aromatic carbocycles. The molecule has 32 heavy (non-hydrogen) atoms. The van der Waals surface area contributed by atoms with Gasteiger partial charge in [0, 0.05) is 49.5 Å². The largest absolute Gasteiger partial charge is 0.497 e. The molecule has 2 fully saturated rings. The van der Waals surface area contributed by atoms with Gasteiger partial charge in [0.1, 0.15) is 11.8 Å². The number of sulfonamides is 1. The first kappa shape index (κ1) is 22.9. The molecule has 1 atom stereocenters. The van der Waals surface area contributed by atoms with Crippen LogP contribution in [0, 0.1) is 6.92 Å². The highest BCUT2D eigenvalue weighted by molar-refractivity contribution is 7.89. The number of hydrogen-bond acceptors (Lipinski definition) is 5. The van der Waals surface area contributed by atoms with E-state index in [2.05, 4.69) is 4.90 Å². The van der Waals surface area contributed by atoms with Gasteiger partial charge in [-0.05, 0) is 49.6 Å². The van der Waals surface area contributed by atoms with E-state index in [9.17, 15) is 13.2 Å². The van der Waals surface area contributed by atoms with Gasteiger partial charge in [0.2, 0.25) is 15.9 Å². The zero-order chi connectivity index (χ0) is 22.9. The molecular weight excluding hydrogens is 450 g/mol. The number of halogens is 1. The summed E-state index contributed by atoms with van der Waals surface area (Å²) in [6.45, 7) is 4.56. The van der Waals surface area contributed by atoms with E-state index in [1.807, 2.05) is 24.3 Å². The normalized spacial score (nSPS) is 19.9. The molecule has 4 rings (SSSR count). The number of ether oxygens (including phenoxy) is 1. The van der Waals surface area contributed by atoms with Crippen LogP contribution in [0.2, 0.25) is 5.02 Å². The lowest BCUT2D eigenvalue weighted by Crippen LogP contribution is -2.54. The molecule has 0 radical (unpaired) electrons. The fourth-order valence-electron chi connectivity index (χ4n) is 4.45. The average molecular weight is 478 g/mol. The Morgan fingerprint density at radius 2 is 1.81 bits per heavy atom. The second kappa shape index (κ2) is 9.29. The Morgan fingerprint density at radius 3 is 2.50 bits per heavy atom. The van der Waals surface area contributed by atoms with Crippen molar-refractivity contribution in [1.29, 1.82) is 0 Å². The van der Waals surface area contributed by atoms with Gasteiger partial charge in [0.25, 0.3) is 0 Å². The number of piperazine rings is 1. The minimum atomic E-state index is -3.81. The average Bonchev–Trinajstić information content (AvgIpc) is 3.30. The summed E-state index contributed by atoms with van der Waals surface area (Å²) in [4.78, 5) is 17.5. The number of methoxy groups -OCH3 is 1. The van der Waals surface area contributed by atoms with Crippen molar-refractivity contribution in [2.75, 3.05) is 44.7 Å². The van der Waals surface area contributed by atoms with Gasteiger partial charge in [-0.15, -0.1) is 0 Å². The van der Waals surface area contributed by atoms with E-state index >= 15 is 0 Å². The zero-order valence-corrected chi connectivity index (χ0v) is 19.9. The Hall–Kier alpha value is -2.29. The lowest BCUT2D eigenvalue weighted by molar-refractivity contribution is -0.134. The van der Waals surface area contributed by atoms with E-state index in [0.717, 1.165) is 5.69 Å². The molecule has 7 nitrogen and oxygen atoms in total. The van der Waals surface area contributed by atoms with Crippen LogP contribution in [0.5, 0.6) is 5.75 Å². The van der Waals surface area contributed by atoms with Crippen LogP contribution in [0.1, 0.15) is 18.4 Å². The van der Waals surface area contributed by atoms with Gasteiger partial charge in [0.15, 0.2) is 0 Å². The standard InChI is InChI=1S/C23H28ClN3O4S/c1-17-8-9-20(31-2)16-22(17)32(29,30)27-10-4-7-21(27)23(28)26-13-11-25(12-14-26)19-6-3-5-18(24)15-19/h3,5-6,8-9,15-16,21H,4,7,10-14H2,1-2H3/t21-/m1/s1. The topological polar surface area (TPSA) is 70.2 Å². The summed E-state index contributed by atoms with van der Waals surface area (Å²) in [6.07, 6.45) is 1.21. The summed E-state index contributed by atoms with van der Waals surface area (Å²) in [5, 5.41) is 0.681. The van der Waals surface area contributed by atoms with Crippen molar-refractivity contribution in [3.8, 4) is 5.75 Å². The third kappa shape index (κ3) is 4.44. The lowest BCUT2D eigenvalue weighted by atomic mass is 10.1. The summed E-state index contributed by atoms with van der Waals surface area (Å²) >= 11 is 6.11. The van der Waals surface area contributed by atoms with Crippen molar-refractivity contribution < 1.29 is 17.9 Å². The van der Waals surface area contributed by atoms with Crippen molar-refractivity contribution in [2.24, 2.45) is 0 Å². The Balaban J connectivity index is 1.48. The maximum atomic E-state index is 13.5. The van der Waals surface area contributed by atoms with Crippen molar-refractivity contribution in [1.82, 2.24) is 9.21 Å². The number of nitrogens with zero attached hydrogens (tertiary/aromatic N) is 3. The number of carbonyl (C=O) groups excluding carboxylic acids is 1. The number of amides is 1. The second-order valence-corrected chi connectivity index (χ2v) is 10.5. The fraction of sp³-hybridized carbons (Fsp3) is 0.435. The van der Waals surface area contributed by atoms with Gasteiger partial charge >= 0.3 is 0 Å². The van der Waals surface area contributed by atoms with Crippen LogP contribution in [0.3, 0.4) is 0 Å². The third-order valence-electron chi connectivity index (χ3n) is 6.24. The predicted molar refractivity (Wildman–Crippen MR) is 125 cm³/mol. The van der Waals surface area contributed by atoms with E-state index in [4.69, 9.17) is 16.3 Å². The summed E-state index contributed by atoms with van der Waals surface area (Å²) < 4.78 is 33.5. The van der Waals surface area contributed by atoms with Gasteiger partial charge in [-0.2, -0.15) is 4.31 Å². The molecule has 0 aromatic heterocycles. The van der Waals surface area contributed by atoms with Gasteiger partial charge < -0.3 is 14.5 Å². The van der Waals surface area contributed by atoms with Crippen LogP contribution >= 0.6 is 11.6 Å². The van der Waals surface area contributed by atoms with Crippen LogP contribution in [-0.2, 0) is 14.8 Å². The van der Waals surface area contributed by atoms with Crippen LogP contribution in [-0.4, -0.2) is 69.4 Å². The van der Waals surface area contributed by atoms with Gasteiger partial charge in [-0.3, -0.25) is 4.79 Å². The highest BCUT2D eigenvalue weighted by Gasteiger charge is 2.42. The number of rotatable bonds is 5. The Morgan fingerprint density at radius 1 is 1.06 bits per heavy atom. The molecule has 0 bridgehead atoms. The molecule has 0 unspecified atom stereocenters. The summed E-state index contributed by atoms with van der Waals surface area (Å²) in [7, 11) is -2.31. The molecule has 2 saturated heterocycles. The number of anilines is 1. The van der Waals surface area contributed by atoms with Crippen LogP contribution < -0.4 is 9.64 Å². The molecule has 2 aliphatic rings. The first-order valence-corrected chi connectivity index (χ1v) is 12.6. The number of hydrogen-bond donors (Lipinski definition) is 0. The molecule has 0 aliphatic carbocycles. The molecule has 0 saturated carbocycles.